The number of sulfonamides is 1. The second-order valence-electron chi connectivity index (χ2n) is 9.34. The van der Waals surface area contributed by atoms with Gasteiger partial charge in [0.05, 0.1) is 22.5 Å². The molecule has 1 aliphatic heterocycles. The molecule has 202 valence electrons. The number of nitrogens with zero attached hydrogens (tertiary/aromatic N) is 3. The first-order valence-electron chi connectivity index (χ1n) is 11.6. The third kappa shape index (κ3) is 4.87. The van der Waals surface area contributed by atoms with Crippen molar-refractivity contribution >= 4 is 44.1 Å². The molecule has 2 heterocycles. The van der Waals surface area contributed by atoms with E-state index in [4.69, 9.17) is 11.6 Å². The van der Waals surface area contributed by atoms with Crippen molar-refractivity contribution in [2.75, 3.05) is 17.6 Å². The smallest absolute Gasteiger partial charge is 0.258 e. The van der Waals surface area contributed by atoms with E-state index in [1.54, 1.807) is 18.2 Å². The molecule has 1 N–H and O–H groups in total. The Balaban J connectivity index is 1.65. The van der Waals surface area contributed by atoms with Gasteiger partial charge in [-0.1, -0.05) is 23.7 Å². The molecule has 1 aliphatic rings. The van der Waals surface area contributed by atoms with Crippen LogP contribution in [0.2, 0.25) is 5.02 Å². The Morgan fingerprint density at radius 2 is 1.77 bits per heavy atom. The summed E-state index contributed by atoms with van der Waals surface area (Å²) in [6, 6.07) is 9.22. The zero-order valence-corrected chi connectivity index (χ0v) is 22.2. The number of hydrogen-bond donors (Lipinski definition) is 1. The first-order valence-corrected chi connectivity index (χ1v) is 13.8. The van der Waals surface area contributed by atoms with Crippen LogP contribution in [-0.4, -0.2) is 42.6 Å². The summed E-state index contributed by atoms with van der Waals surface area (Å²) in [6.45, 7) is -0.468. The molecule has 1 aromatic heterocycles. The molecule has 0 radical (unpaired) electrons. The summed E-state index contributed by atoms with van der Waals surface area (Å²) in [7, 11) is -2.52. The van der Waals surface area contributed by atoms with Crippen LogP contribution in [-0.2, 0) is 29.5 Å². The molecule has 1 amide bonds. The molecule has 0 saturated heterocycles. The van der Waals surface area contributed by atoms with E-state index in [1.807, 2.05) is 0 Å². The fraction of sp³-hybridized carbons (Fsp3) is 0.185. The zero-order valence-electron chi connectivity index (χ0n) is 20.7. The highest BCUT2D eigenvalue weighted by atomic mass is 35.5. The van der Waals surface area contributed by atoms with Crippen molar-refractivity contribution in [2.24, 2.45) is 0 Å². The molecular formula is C27H21ClF3N3O4S. The lowest BCUT2D eigenvalue weighted by Crippen LogP contribution is -2.26. The lowest BCUT2D eigenvalue weighted by molar-refractivity contribution is 0.0763. The maximum Gasteiger partial charge on any atom is 0.258 e. The second kappa shape index (κ2) is 9.73. The first kappa shape index (κ1) is 26.8. The highest BCUT2D eigenvalue weighted by Gasteiger charge is 2.37. The summed E-state index contributed by atoms with van der Waals surface area (Å²) in [5.41, 5.74) is 1.59. The average Bonchev–Trinajstić information content (AvgIpc) is 3.19. The predicted molar refractivity (Wildman–Crippen MR) is 141 cm³/mol. The normalized spacial score (nSPS) is 13.3. The summed E-state index contributed by atoms with van der Waals surface area (Å²) in [4.78, 5) is 18.9. The number of carbonyl (C=O) groups is 1. The number of phenolic OH excluding ortho intramolecular Hbond substituents is 1. The number of aromatic nitrogens is 1. The third-order valence-electron chi connectivity index (χ3n) is 6.68. The Morgan fingerprint density at radius 3 is 2.44 bits per heavy atom. The van der Waals surface area contributed by atoms with E-state index in [0.29, 0.717) is 18.1 Å². The summed E-state index contributed by atoms with van der Waals surface area (Å²) >= 11 is 5.81. The maximum absolute atomic E-state index is 14.5. The minimum Gasteiger partial charge on any atom is -0.505 e. The van der Waals surface area contributed by atoms with Crippen molar-refractivity contribution in [3.8, 4) is 5.75 Å². The van der Waals surface area contributed by atoms with Crippen LogP contribution < -0.4 is 4.31 Å². The number of pyridine rings is 1. The Bertz CT molecular complexity index is 1770. The number of carbonyl (C=O) groups excluding carboxylic acids is 1. The van der Waals surface area contributed by atoms with Gasteiger partial charge in [-0.05, 0) is 41.8 Å². The minimum atomic E-state index is -3.84. The van der Waals surface area contributed by atoms with Crippen molar-refractivity contribution in [3.63, 3.8) is 0 Å². The van der Waals surface area contributed by atoms with Crippen molar-refractivity contribution in [1.29, 1.82) is 0 Å². The molecule has 39 heavy (non-hydrogen) atoms. The molecule has 5 rings (SSSR count). The molecule has 0 unspecified atom stereocenters. The number of hydrogen-bond acceptors (Lipinski definition) is 5. The van der Waals surface area contributed by atoms with Crippen LogP contribution in [0.1, 0.15) is 32.6 Å². The van der Waals surface area contributed by atoms with Gasteiger partial charge in [0, 0.05) is 48.9 Å². The van der Waals surface area contributed by atoms with Gasteiger partial charge in [0.15, 0.2) is 5.75 Å². The number of halogens is 4. The fourth-order valence-electron chi connectivity index (χ4n) is 4.70. The number of anilines is 1. The number of fused-ring (bicyclic) bond motifs is 2. The van der Waals surface area contributed by atoms with Crippen LogP contribution in [0.3, 0.4) is 0 Å². The molecule has 12 heteroatoms. The molecule has 0 aliphatic carbocycles. The van der Waals surface area contributed by atoms with E-state index < -0.39 is 33.3 Å². The number of phenols is 1. The van der Waals surface area contributed by atoms with Gasteiger partial charge in [-0.25, -0.2) is 21.6 Å². The molecule has 4 aromatic rings. The topological polar surface area (TPSA) is 90.8 Å². The van der Waals surface area contributed by atoms with Crippen molar-refractivity contribution in [3.05, 3.63) is 99.0 Å². The van der Waals surface area contributed by atoms with Gasteiger partial charge in [0.1, 0.15) is 23.0 Å². The number of aromatic hydroxyl groups is 1. The lowest BCUT2D eigenvalue weighted by atomic mass is 9.98. The standard InChI is InChI=1S/C27H21ClF3N3O4S/c1-33(39(2,37)38)25-18-8-15(7-14-3-5-17(29)6-4-14)11-32-24(18)26(35)23-19(25)13-34(27(23)36)12-16-9-20(28)22(31)10-21(16)30/h3-6,8-11,35H,7,12-13H2,1-2H3. The number of amides is 1. The van der Waals surface area contributed by atoms with Crippen LogP contribution in [0.4, 0.5) is 18.9 Å². The molecular weight excluding hydrogens is 555 g/mol. The Labute approximate surface area is 227 Å². The Morgan fingerprint density at radius 1 is 1.08 bits per heavy atom. The summed E-state index contributed by atoms with van der Waals surface area (Å²) in [5.74, 6) is -3.35. The van der Waals surface area contributed by atoms with Gasteiger partial charge in [0.25, 0.3) is 5.91 Å². The van der Waals surface area contributed by atoms with E-state index in [9.17, 15) is 31.5 Å². The van der Waals surface area contributed by atoms with Crippen molar-refractivity contribution in [2.45, 2.75) is 19.5 Å². The second-order valence-corrected chi connectivity index (χ2v) is 11.8. The fourth-order valence-corrected chi connectivity index (χ4v) is 5.43. The highest BCUT2D eigenvalue weighted by Crippen LogP contribution is 2.45. The SMILES string of the molecule is CN(c1c2c(c(O)c3ncc(Cc4ccc(F)cc4)cc13)C(=O)N(Cc1cc(Cl)c(F)cc1F)C2)S(C)(=O)=O. The van der Waals surface area contributed by atoms with Gasteiger partial charge in [-0.2, -0.15) is 0 Å². The molecule has 0 fully saturated rings. The molecule has 7 nitrogen and oxygen atoms in total. The average molecular weight is 576 g/mol. The first-order chi connectivity index (χ1) is 18.3. The molecule has 3 aromatic carbocycles. The third-order valence-corrected chi connectivity index (χ3v) is 8.15. The van der Waals surface area contributed by atoms with Gasteiger partial charge < -0.3 is 10.0 Å². The van der Waals surface area contributed by atoms with E-state index in [-0.39, 0.29) is 57.2 Å². The summed E-state index contributed by atoms with van der Waals surface area (Å²) < 4.78 is 67.7. The van der Waals surface area contributed by atoms with Gasteiger partial charge in [-0.15, -0.1) is 0 Å². The summed E-state index contributed by atoms with van der Waals surface area (Å²) in [5, 5.41) is 11.1. The highest BCUT2D eigenvalue weighted by molar-refractivity contribution is 7.92. The van der Waals surface area contributed by atoms with Crippen LogP contribution in [0.25, 0.3) is 10.9 Å². The zero-order chi connectivity index (χ0) is 28.2. The number of rotatable bonds is 6. The Hall–Kier alpha value is -3.83. The van der Waals surface area contributed by atoms with Crippen LogP contribution in [0, 0.1) is 17.5 Å². The van der Waals surface area contributed by atoms with Crippen LogP contribution in [0.5, 0.6) is 5.75 Å². The van der Waals surface area contributed by atoms with Crippen LogP contribution in [0.15, 0.2) is 48.7 Å². The van der Waals surface area contributed by atoms with E-state index in [1.165, 1.54) is 30.3 Å². The van der Waals surface area contributed by atoms with Crippen LogP contribution >= 0.6 is 11.6 Å². The summed E-state index contributed by atoms with van der Waals surface area (Å²) in [6.07, 6.45) is 2.83. The van der Waals surface area contributed by atoms with Crippen molar-refractivity contribution < 1.29 is 31.5 Å². The molecule has 0 spiro atoms. The van der Waals surface area contributed by atoms with Gasteiger partial charge in [0.2, 0.25) is 10.0 Å². The van der Waals surface area contributed by atoms with E-state index >= 15 is 0 Å². The Kier molecular flexibility index (Phi) is 6.68. The quantitative estimate of drug-likeness (QED) is 0.321. The lowest BCUT2D eigenvalue weighted by Gasteiger charge is -2.23. The maximum atomic E-state index is 14.5. The van der Waals surface area contributed by atoms with Gasteiger partial charge >= 0.3 is 0 Å². The largest absolute Gasteiger partial charge is 0.505 e. The van der Waals surface area contributed by atoms with Gasteiger partial charge in [-0.3, -0.25) is 14.1 Å². The van der Waals surface area contributed by atoms with E-state index in [0.717, 1.165) is 22.2 Å². The minimum absolute atomic E-state index is 0.00770. The molecule has 0 saturated carbocycles. The molecule has 0 atom stereocenters. The monoisotopic (exact) mass is 575 g/mol. The predicted octanol–water partition coefficient (Wildman–Crippen LogP) is 5.15. The van der Waals surface area contributed by atoms with Crippen molar-refractivity contribution in [1.82, 2.24) is 9.88 Å². The van der Waals surface area contributed by atoms with E-state index in [2.05, 4.69) is 4.98 Å². The number of benzene rings is 3. The molecule has 0 bridgehead atoms.